The van der Waals surface area contributed by atoms with Crippen LogP contribution < -0.4 is 16.2 Å². The van der Waals surface area contributed by atoms with Crippen molar-refractivity contribution in [3.8, 4) is 5.69 Å². The second-order valence-corrected chi connectivity index (χ2v) is 8.59. The number of hydrogen-bond donors (Lipinski definition) is 1. The van der Waals surface area contributed by atoms with Gasteiger partial charge in [-0.1, -0.05) is 18.5 Å². The Bertz CT molecular complexity index is 1520. The van der Waals surface area contributed by atoms with Gasteiger partial charge in [0.25, 0.3) is 5.56 Å². The summed E-state index contributed by atoms with van der Waals surface area (Å²) in [7, 11) is 0. The van der Waals surface area contributed by atoms with E-state index >= 15 is 0 Å². The first-order valence-corrected chi connectivity index (χ1v) is 10.7. The summed E-state index contributed by atoms with van der Waals surface area (Å²) in [6, 6.07) is 3.73. The van der Waals surface area contributed by atoms with Gasteiger partial charge in [-0.3, -0.25) is 14.2 Å². The highest BCUT2D eigenvalue weighted by Gasteiger charge is 2.43. The van der Waals surface area contributed by atoms with Crippen molar-refractivity contribution in [2.75, 3.05) is 17.2 Å². The molecule has 0 amide bonds. The summed E-state index contributed by atoms with van der Waals surface area (Å²) in [4.78, 5) is 35.7. The fourth-order valence-corrected chi connectivity index (χ4v) is 4.54. The Labute approximate surface area is 222 Å². The van der Waals surface area contributed by atoms with E-state index in [-0.39, 0.29) is 72.3 Å². The van der Waals surface area contributed by atoms with Crippen LogP contribution in [0.15, 0.2) is 41.5 Å². The van der Waals surface area contributed by atoms with Crippen LogP contribution in [0.4, 0.5) is 20.5 Å². The van der Waals surface area contributed by atoms with E-state index in [4.69, 9.17) is 17.3 Å². The van der Waals surface area contributed by atoms with E-state index in [0.29, 0.717) is 18.4 Å². The molecule has 1 saturated heterocycles. The van der Waals surface area contributed by atoms with Gasteiger partial charge in [0.05, 0.1) is 22.3 Å². The molecule has 4 aromatic rings. The normalized spacial score (nSPS) is 16.8. The third kappa shape index (κ3) is 4.42. The van der Waals surface area contributed by atoms with Gasteiger partial charge in [-0.25, -0.2) is 18.3 Å². The lowest BCUT2D eigenvalue weighted by atomic mass is 9.88. The van der Waals surface area contributed by atoms with Gasteiger partial charge >= 0.3 is 0 Å². The van der Waals surface area contributed by atoms with Crippen LogP contribution in [-0.4, -0.2) is 36.5 Å². The zero-order valence-corrected chi connectivity index (χ0v) is 21.8. The molecule has 2 N–H and O–H groups in total. The van der Waals surface area contributed by atoms with E-state index in [1.807, 2.05) is 6.92 Å². The second-order valence-electron chi connectivity index (χ2n) is 8.18. The van der Waals surface area contributed by atoms with E-state index < -0.39 is 23.2 Å². The summed E-state index contributed by atoms with van der Waals surface area (Å²) in [6.07, 6.45) is 2.87. The molecule has 0 radical (unpaired) electrons. The number of Topliss-reactive ketones (excluding diaryl/α,β-unsaturated/α-hetero) is 1. The number of ketones is 1. The average molecular weight is 554 g/mol. The number of halogens is 3. The molecule has 1 fully saturated rings. The lowest BCUT2D eigenvalue weighted by molar-refractivity contribution is 0.101. The Kier molecular flexibility index (Phi) is 7.67. The summed E-state index contributed by atoms with van der Waals surface area (Å²) in [5.74, 6) is -1.57. The van der Waals surface area contributed by atoms with Gasteiger partial charge in [0.2, 0.25) is 5.95 Å². The molecule has 0 saturated carbocycles. The minimum absolute atomic E-state index is 0. The molecule has 14 heteroatoms. The predicted octanol–water partition coefficient (Wildman–Crippen LogP) is 3.41. The molecule has 3 aromatic heterocycles. The van der Waals surface area contributed by atoms with Crippen molar-refractivity contribution in [3.63, 3.8) is 0 Å². The van der Waals surface area contributed by atoms with Crippen LogP contribution >= 0.6 is 38.6 Å². The molecule has 4 heterocycles. The molecule has 1 aliphatic rings. The van der Waals surface area contributed by atoms with Crippen molar-refractivity contribution in [2.45, 2.75) is 19.9 Å². The Morgan fingerprint density at radius 1 is 1.19 bits per heavy atom. The summed E-state index contributed by atoms with van der Waals surface area (Å²) < 4.78 is 30.7. The number of nitrogen functional groups attached to an aromatic ring is 1. The van der Waals surface area contributed by atoms with Crippen LogP contribution in [0.3, 0.4) is 0 Å². The fourth-order valence-electron chi connectivity index (χ4n) is 4.32. The van der Waals surface area contributed by atoms with Crippen molar-refractivity contribution < 1.29 is 13.6 Å². The lowest BCUT2D eigenvalue weighted by Gasteiger charge is -2.47. The maximum absolute atomic E-state index is 14.1. The van der Waals surface area contributed by atoms with Gasteiger partial charge < -0.3 is 10.6 Å². The first-order valence-electron chi connectivity index (χ1n) is 10.3. The highest BCUT2D eigenvalue weighted by atomic mass is 35.5. The van der Waals surface area contributed by atoms with Crippen LogP contribution in [0.25, 0.3) is 11.2 Å². The zero-order chi connectivity index (χ0) is 24.3. The third-order valence-corrected chi connectivity index (χ3v) is 6.14. The number of nitrogens with zero attached hydrogens (tertiary/aromatic N) is 6. The van der Waals surface area contributed by atoms with Crippen molar-refractivity contribution in [3.05, 3.63) is 75.1 Å². The van der Waals surface area contributed by atoms with Crippen LogP contribution in [0.5, 0.6) is 0 Å². The molecule has 9 nitrogen and oxygen atoms in total. The van der Waals surface area contributed by atoms with Crippen molar-refractivity contribution in [1.82, 2.24) is 24.1 Å². The average Bonchev–Trinajstić information content (AvgIpc) is 3.11. The molecular weight excluding hydrogens is 532 g/mol. The van der Waals surface area contributed by atoms with Gasteiger partial charge in [0.1, 0.15) is 23.0 Å². The molecule has 1 aromatic carbocycles. The van der Waals surface area contributed by atoms with E-state index in [1.54, 1.807) is 4.90 Å². The number of anilines is 2. The quantitative estimate of drug-likeness (QED) is 0.385. The fraction of sp³-hybridized carbons (Fsp3) is 0.227. The highest BCUT2D eigenvalue weighted by molar-refractivity contribution is 7.59. The first-order chi connectivity index (χ1) is 16.2. The number of nitrogens with two attached hydrogens (primary N) is 1. The number of carbonyl (C=O) groups is 1. The molecule has 36 heavy (non-hydrogen) atoms. The van der Waals surface area contributed by atoms with Gasteiger partial charge in [-0.15, -0.1) is 0 Å². The van der Waals surface area contributed by atoms with E-state index in [2.05, 4.69) is 15.1 Å². The largest absolute Gasteiger partial charge is 0.368 e. The Hall–Kier alpha value is -3.16. The smallest absolute Gasteiger partial charge is 0.284 e. The molecule has 0 bridgehead atoms. The van der Waals surface area contributed by atoms with Crippen LogP contribution in [0.2, 0.25) is 5.02 Å². The topological polar surface area (TPSA) is 111 Å². The van der Waals surface area contributed by atoms with Crippen LogP contribution in [0, 0.1) is 17.6 Å². The van der Waals surface area contributed by atoms with E-state index in [0.717, 1.165) is 16.7 Å². The first kappa shape index (κ1) is 27.4. The molecule has 2 atom stereocenters. The van der Waals surface area contributed by atoms with Crippen LogP contribution in [0.1, 0.15) is 36.1 Å². The Morgan fingerprint density at radius 2 is 1.86 bits per heavy atom. The Balaban J connectivity index is 0.00000180. The van der Waals surface area contributed by atoms with Crippen molar-refractivity contribution in [2.24, 2.45) is 5.92 Å². The third-order valence-electron chi connectivity index (χ3n) is 5.83. The van der Waals surface area contributed by atoms with Crippen LogP contribution in [-0.2, 0) is 0 Å². The summed E-state index contributed by atoms with van der Waals surface area (Å²) in [5.41, 5.74) is 5.45. The monoisotopic (exact) mass is 553 g/mol. The summed E-state index contributed by atoms with van der Waals surface area (Å²) >= 11 is 6.20. The summed E-state index contributed by atoms with van der Waals surface area (Å²) in [6.45, 7) is 3.78. The van der Waals surface area contributed by atoms with E-state index in [1.165, 1.54) is 29.9 Å². The number of rotatable bonds is 4. The zero-order valence-electron chi connectivity index (χ0n) is 19.0. The van der Waals surface area contributed by atoms with Gasteiger partial charge in [-0.2, -0.15) is 37.1 Å². The highest BCUT2D eigenvalue weighted by Crippen LogP contribution is 2.42. The number of aromatic nitrogens is 5. The molecule has 0 unspecified atom stereocenters. The minimum atomic E-state index is -0.852. The molecule has 0 spiro atoms. The number of carbonyl (C=O) groups excluding carboxylic acids is 1. The molecule has 190 valence electrons. The van der Waals surface area contributed by atoms with Crippen molar-refractivity contribution >= 4 is 61.7 Å². The van der Waals surface area contributed by atoms with E-state index in [9.17, 15) is 18.4 Å². The second kappa shape index (κ2) is 10.1. The van der Waals surface area contributed by atoms with Gasteiger partial charge in [0, 0.05) is 30.9 Å². The SMILES string of the molecule is CC(=O)c1cnc(N)nc1N1C[C@H](C)[C@H]1c1nn2ccc(Cl)c2c(=O)n1-c1cc(F)cc(F)c1.S.S. The van der Waals surface area contributed by atoms with Crippen molar-refractivity contribution in [1.29, 1.82) is 0 Å². The minimum Gasteiger partial charge on any atom is -0.368 e. The number of benzene rings is 1. The molecule has 0 aliphatic carbocycles. The molecule has 5 rings (SSSR count). The maximum atomic E-state index is 14.1. The molecular formula is C22H22ClF2N7O2S2. The maximum Gasteiger partial charge on any atom is 0.284 e. The van der Waals surface area contributed by atoms with Gasteiger partial charge in [-0.05, 0) is 25.1 Å². The lowest BCUT2D eigenvalue weighted by Crippen LogP contribution is -2.52. The van der Waals surface area contributed by atoms with Gasteiger partial charge in [0.15, 0.2) is 11.6 Å². The number of fused-ring (bicyclic) bond motifs is 1. The predicted molar refractivity (Wildman–Crippen MR) is 142 cm³/mol. The summed E-state index contributed by atoms with van der Waals surface area (Å²) in [5, 5.41) is 4.74. The number of hydrogen-bond acceptors (Lipinski definition) is 7. The molecule has 1 aliphatic heterocycles. The Morgan fingerprint density at radius 3 is 2.47 bits per heavy atom. The standard InChI is InChI=1S/C22H18ClF2N7O2.2H2S/c1-10-9-30(19-15(11(2)33)8-27-22(26)28-19)17(10)20-29-31-4-3-16(23)18(31)21(34)32(20)14-6-12(24)5-13(25)7-14;;/h3-8,10,17H,9H2,1-2H3,(H2,26,27,28);2*1H2/t10-,17-;;/m0../s1.